The summed E-state index contributed by atoms with van der Waals surface area (Å²) in [5.74, 6) is 0.683. The molecule has 0 aliphatic rings. The van der Waals surface area contributed by atoms with Crippen LogP contribution in [0, 0.1) is 13.8 Å². The van der Waals surface area contributed by atoms with Crippen molar-refractivity contribution in [3.8, 4) is 0 Å². The SMILES string of the molecule is Cc1noc(C)c1C(=O)Nc1ccn(Cc2cccc3cccnc23)n1. The van der Waals surface area contributed by atoms with Crippen LogP contribution in [0.5, 0.6) is 0 Å². The van der Waals surface area contributed by atoms with E-state index in [9.17, 15) is 4.79 Å². The van der Waals surface area contributed by atoms with E-state index in [0.29, 0.717) is 29.4 Å². The second kappa shape index (κ2) is 6.44. The predicted molar refractivity (Wildman–Crippen MR) is 97.0 cm³/mol. The maximum absolute atomic E-state index is 12.4. The Kier molecular flexibility index (Phi) is 3.96. The fourth-order valence-electron chi connectivity index (χ4n) is 2.97. The number of rotatable bonds is 4. The van der Waals surface area contributed by atoms with Crippen LogP contribution in [0.4, 0.5) is 5.82 Å². The van der Waals surface area contributed by atoms with Crippen molar-refractivity contribution in [2.45, 2.75) is 20.4 Å². The zero-order valence-corrected chi connectivity index (χ0v) is 14.4. The van der Waals surface area contributed by atoms with Crippen molar-refractivity contribution in [3.63, 3.8) is 0 Å². The Bertz CT molecular complexity index is 1070. The molecule has 130 valence electrons. The average molecular weight is 347 g/mol. The number of anilines is 1. The highest BCUT2D eigenvalue weighted by Gasteiger charge is 2.18. The van der Waals surface area contributed by atoms with Gasteiger partial charge in [-0.05, 0) is 25.5 Å². The summed E-state index contributed by atoms with van der Waals surface area (Å²) in [5, 5.41) is 12.1. The number of aryl methyl sites for hydroxylation is 2. The minimum absolute atomic E-state index is 0.279. The predicted octanol–water partition coefficient (Wildman–Crippen LogP) is 3.34. The molecular formula is C19H17N5O2. The van der Waals surface area contributed by atoms with Crippen molar-refractivity contribution in [2.75, 3.05) is 5.32 Å². The molecule has 4 aromatic rings. The minimum Gasteiger partial charge on any atom is -0.361 e. The third kappa shape index (κ3) is 2.95. The molecule has 7 heteroatoms. The lowest BCUT2D eigenvalue weighted by molar-refractivity contribution is 0.102. The molecule has 26 heavy (non-hydrogen) atoms. The molecule has 0 atom stereocenters. The van der Waals surface area contributed by atoms with E-state index in [1.54, 1.807) is 30.8 Å². The quantitative estimate of drug-likeness (QED) is 0.612. The second-order valence-electron chi connectivity index (χ2n) is 6.04. The number of pyridine rings is 1. The molecule has 3 aromatic heterocycles. The van der Waals surface area contributed by atoms with Crippen LogP contribution in [-0.4, -0.2) is 25.8 Å². The summed E-state index contributed by atoms with van der Waals surface area (Å²) in [6.45, 7) is 4.01. The number of carbonyl (C=O) groups excluding carboxylic acids is 1. The summed E-state index contributed by atoms with van der Waals surface area (Å²) in [6, 6.07) is 11.8. The first-order valence-electron chi connectivity index (χ1n) is 8.22. The lowest BCUT2D eigenvalue weighted by atomic mass is 10.1. The number of aromatic nitrogens is 4. The molecule has 3 heterocycles. The van der Waals surface area contributed by atoms with Gasteiger partial charge in [-0.15, -0.1) is 0 Å². The van der Waals surface area contributed by atoms with Gasteiger partial charge in [0.25, 0.3) is 5.91 Å². The number of fused-ring (bicyclic) bond motifs is 1. The van der Waals surface area contributed by atoms with Gasteiger partial charge in [-0.3, -0.25) is 14.5 Å². The van der Waals surface area contributed by atoms with E-state index in [1.807, 2.05) is 36.5 Å². The number of benzene rings is 1. The van der Waals surface area contributed by atoms with Crippen molar-refractivity contribution in [1.82, 2.24) is 19.9 Å². The highest BCUT2D eigenvalue weighted by atomic mass is 16.5. The van der Waals surface area contributed by atoms with Crippen molar-refractivity contribution in [3.05, 3.63) is 71.4 Å². The lowest BCUT2D eigenvalue weighted by Gasteiger charge is -2.06. The molecule has 1 amide bonds. The smallest absolute Gasteiger partial charge is 0.262 e. The van der Waals surface area contributed by atoms with Crippen molar-refractivity contribution in [1.29, 1.82) is 0 Å². The molecule has 0 aliphatic carbocycles. The van der Waals surface area contributed by atoms with Gasteiger partial charge in [0, 0.05) is 23.8 Å². The average Bonchev–Trinajstić information content (AvgIpc) is 3.21. The monoisotopic (exact) mass is 347 g/mol. The molecule has 1 aromatic carbocycles. The summed E-state index contributed by atoms with van der Waals surface area (Å²) in [6.07, 6.45) is 3.61. The van der Waals surface area contributed by atoms with Gasteiger partial charge in [-0.25, -0.2) is 0 Å². The Morgan fingerprint density at radius 2 is 2.04 bits per heavy atom. The number of amides is 1. The Hall–Kier alpha value is -3.48. The van der Waals surface area contributed by atoms with E-state index in [-0.39, 0.29) is 5.91 Å². The van der Waals surface area contributed by atoms with Crippen LogP contribution in [-0.2, 0) is 6.54 Å². The molecule has 1 N–H and O–H groups in total. The van der Waals surface area contributed by atoms with E-state index >= 15 is 0 Å². The Morgan fingerprint density at radius 1 is 1.19 bits per heavy atom. The number of nitrogens with zero attached hydrogens (tertiary/aromatic N) is 4. The maximum atomic E-state index is 12.4. The number of hydrogen-bond donors (Lipinski definition) is 1. The molecule has 0 radical (unpaired) electrons. The zero-order chi connectivity index (χ0) is 18.1. The number of hydrogen-bond acceptors (Lipinski definition) is 5. The summed E-state index contributed by atoms with van der Waals surface area (Å²) in [5.41, 5.74) is 3.01. The highest BCUT2D eigenvalue weighted by Crippen LogP contribution is 2.18. The first-order valence-corrected chi connectivity index (χ1v) is 8.22. The van der Waals surface area contributed by atoms with Gasteiger partial charge < -0.3 is 9.84 Å². The van der Waals surface area contributed by atoms with Gasteiger partial charge in [0.15, 0.2) is 5.82 Å². The van der Waals surface area contributed by atoms with E-state index in [1.165, 1.54) is 0 Å². The molecule has 0 saturated heterocycles. The molecule has 0 saturated carbocycles. The number of para-hydroxylation sites is 1. The Labute approximate surface area is 149 Å². The first-order chi connectivity index (χ1) is 12.6. The zero-order valence-electron chi connectivity index (χ0n) is 14.4. The first kappa shape index (κ1) is 16.0. The summed E-state index contributed by atoms with van der Waals surface area (Å²) in [7, 11) is 0. The van der Waals surface area contributed by atoms with Crippen LogP contribution in [0.1, 0.15) is 27.4 Å². The van der Waals surface area contributed by atoms with Gasteiger partial charge in [0.1, 0.15) is 11.3 Å². The topological polar surface area (TPSA) is 85.8 Å². The third-order valence-electron chi connectivity index (χ3n) is 4.19. The largest absolute Gasteiger partial charge is 0.361 e. The second-order valence-corrected chi connectivity index (χ2v) is 6.04. The molecule has 0 bridgehead atoms. The van der Waals surface area contributed by atoms with E-state index in [4.69, 9.17) is 4.52 Å². The molecule has 4 rings (SSSR count). The minimum atomic E-state index is -0.279. The van der Waals surface area contributed by atoms with Crippen molar-refractivity contribution in [2.24, 2.45) is 0 Å². The normalized spacial score (nSPS) is 11.0. The van der Waals surface area contributed by atoms with Gasteiger partial charge >= 0.3 is 0 Å². The van der Waals surface area contributed by atoms with Crippen molar-refractivity contribution < 1.29 is 9.32 Å². The van der Waals surface area contributed by atoms with Gasteiger partial charge in [-0.2, -0.15) is 5.10 Å². The summed E-state index contributed by atoms with van der Waals surface area (Å²) < 4.78 is 6.81. The van der Waals surface area contributed by atoms with Gasteiger partial charge in [0.05, 0.1) is 17.8 Å². The fourth-order valence-corrected chi connectivity index (χ4v) is 2.97. The molecule has 0 spiro atoms. The van der Waals surface area contributed by atoms with Crippen LogP contribution in [0.25, 0.3) is 10.9 Å². The van der Waals surface area contributed by atoms with Crippen LogP contribution >= 0.6 is 0 Å². The maximum Gasteiger partial charge on any atom is 0.262 e. The molecule has 0 unspecified atom stereocenters. The number of nitrogens with one attached hydrogen (secondary N) is 1. The van der Waals surface area contributed by atoms with E-state index in [2.05, 4.69) is 20.6 Å². The van der Waals surface area contributed by atoms with E-state index in [0.717, 1.165) is 16.5 Å². The van der Waals surface area contributed by atoms with Crippen molar-refractivity contribution >= 4 is 22.6 Å². The summed E-state index contributed by atoms with van der Waals surface area (Å²) in [4.78, 5) is 16.8. The fraction of sp³-hybridized carbons (Fsp3) is 0.158. The van der Waals surface area contributed by atoms with Crippen LogP contribution in [0.2, 0.25) is 0 Å². The molecule has 7 nitrogen and oxygen atoms in total. The van der Waals surface area contributed by atoms with Crippen LogP contribution in [0.3, 0.4) is 0 Å². The molecule has 0 fully saturated rings. The number of carbonyl (C=O) groups is 1. The Morgan fingerprint density at radius 3 is 2.85 bits per heavy atom. The standard InChI is InChI=1S/C19H17N5O2/c1-12-17(13(2)26-23-12)19(25)21-16-8-10-24(22-16)11-15-6-3-5-14-7-4-9-20-18(14)15/h3-10H,11H2,1-2H3,(H,21,22,25). The molecule has 0 aliphatic heterocycles. The Balaban J connectivity index is 1.54. The molecular weight excluding hydrogens is 330 g/mol. The van der Waals surface area contributed by atoms with Gasteiger partial charge in [-0.1, -0.05) is 29.4 Å². The highest BCUT2D eigenvalue weighted by molar-refractivity contribution is 6.05. The van der Waals surface area contributed by atoms with Crippen LogP contribution in [0.15, 0.2) is 53.3 Å². The van der Waals surface area contributed by atoms with Gasteiger partial charge in [0.2, 0.25) is 0 Å². The van der Waals surface area contributed by atoms with E-state index < -0.39 is 0 Å². The third-order valence-corrected chi connectivity index (χ3v) is 4.19. The van der Waals surface area contributed by atoms with Crippen LogP contribution < -0.4 is 5.32 Å². The lowest BCUT2D eigenvalue weighted by Crippen LogP contribution is -2.14. The summed E-state index contributed by atoms with van der Waals surface area (Å²) >= 11 is 0.